The lowest BCUT2D eigenvalue weighted by Gasteiger charge is -2.36. The van der Waals surface area contributed by atoms with E-state index in [0.717, 1.165) is 50.3 Å². The monoisotopic (exact) mass is 275 g/mol. The lowest BCUT2D eigenvalue weighted by atomic mass is 10.1. The SMILES string of the molecule is CCC(C#N)N1CCN(Cc2cc(F)ccc2C)CC1. The molecule has 3 nitrogen and oxygen atoms in total. The molecule has 0 aliphatic carbocycles. The highest BCUT2D eigenvalue weighted by Gasteiger charge is 2.22. The smallest absolute Gasteiger partial charge is 0.123 e. The molecule has 1 aliphatic heterocycles. The number of nitriles is 1. The van der Waals surface area contributed by atoms with Crippen molar-refractivity contribution in [2.75, 3.05) is 26.2 Å². The van der Waals surface area contributed by atoms with Crippen LogP contribution in [-0.4, -0.2) is 42.0 Å². The zero-order valence-electron chi connectivity index (χ0n) is 12.3. The van der Waals surface area contributed by atoms with E-state index in [1.165, 1.54) is 6.07 Å². The minimum absolute atomic E-state index is 0.0352. The third kappa shape index (κ3) is 3.56. The van der Waals surface area contributed by atoms with Crippen molar-refractivity contribution in [1.29, 1.82) is 5.26 Å². The summed E-state index contributed by atoms with van der Waals surface area (Å²) in [7, 11) is 0. The minimum atomic E-state index is -0.167. The molecular formula is C16H22FN3. The number of aryl methyl sites for hydroxylation is 1. The average Bonchev–Trinajstić information content (AvgIpc) is 2.46. The summed E-state index contributed by atoms with van der Waals surface area (Å²) in [6.07, 6.45) is 0.875. The maximum atomic E-state index is 13.3. The molecule has 1 aromatic carbocycles. The Labute approximate surface area is 120 Å². The van der Waals surface area contributed by atoms with Gasteiger partial charge in [0.05, 0.1) is 12.1 Å². The highest BCUT2D eigenvalue weighted by Crippen LogP contribution is 2.15. The van der Waals surface area contributed by atoms with Crippen molar-refractivity contribution in [1.82, 2.24) is 9.80 Å². The Morgan fingerprint density at radius 3 is 2.60 bits per heavy atom. The Bertz CT molecular complexity index is 487. The number of nitrogens with zero attached hydrogens (tertiary/aromatic N) is 3. The molecule has 0 saturated carbocycles. The van der Waals surface area contributed by atoms with Gasteiger partial charge >= 0.3 is 0 Å². The van der Waals surface area contributed by atoms with Crippen molar-refractivity contribution in [2.45, 2.75) is 32.9 Å². The fraction of sp³-hybridized carbons (Fsp3) is 0.562. The van der Waals surface area contributed by atoms with Gasteiger partial charge in [0.25, 0.3) is 0 Å². The number of hydrogen-bond donors (Lipinski definition) is 0. The van der Waals surface area contributed by atoms with Crippen LogP contribution in [0.4, 0.5) is 4.39 Å². The first kappa shape index (κ1) is 15.0. The van der Waals surface area contributed by atoms with Gasteiger partial charge in [0.1, 0.15) is 5.82 Å². The van der Waals surface area contributed by atoms with Gasteiger partial charge in [0.15, 0.2) is 0 Å². The number of piperazine rings is 1. The Hall–Kier alpha value is -1.44. The summed E-state index contributed by atoms with van der Waals surface area (Å²) in [4.78, 5) is 4.58. The largest absolute Gasteiger partial charge is 0.297 e. The Morgan fingerprint density at radius 1 is 1.30 bits per heavy atom. The Morgan fingerprint density at radius 2 is 2.00 bits per heavy atom. The molecule has 1 aliphatic rings. The van der Waals surface area contributed by atoms with Crippen molar-refractivity contribution < 1.29 is 4.39 Å². The van der Waals surface area contributed by atoms with Gasteiger partial charge in [-0.2, -0.15) is 5.26 Å². The van der Waals surface area contributed by atoms with Gasteiger partial charge in [-0.05, 0) is 36.6 Å². The highest BCUT2D eigenvalue weighted by molar-refractivity contribution is 5.26. The van der Waals surface area contributed by atoms with Crippen LogP contribution in [0.25, 0.3) is 0 Å². The molecule has 0 spiro atoms. The van der Waals surface area contributed by atoms with Crippen molar-refractivity contribution in [2.24, 2.45) is 0 Å². The molecule has 0 N–H and O–H groups in total. The molecular weight excluding hydrogens is 253 g/mol. The molecule has 108 valence electrons. The lowest BCUT2D eigenvalue weighted by Crippen LogP contribution is -2.49. The quantitative estimate of drug-likeness (QED) is 0.846. The first-order valence-electron chi connectivity index (χ1n) is 7.25. The lowest BCUT2D eigenvalue weighted by molar-refractivity contribution is 0.108. The van der Waals surface area contributed by atoms with Crippen LogP contribution in [0.3, 0.4) is 0 Å². The summed E-state index contributed by atoms with van der Waals surface area (Å²) in [5.41, 5.74) is 2.20. The zero-order valence-corrected chi connectivity index (χ0v) is 12.3. The second kappa shape index (κ2) is 6.83. The molecule has 0 amide bonds. The van der Waals surface area contributed by atoms with E-state index in [4.69, 9.17) is 5.26 Å². The molecule has 0 radical (unpaired) electrons. The Kier molecular flexibility index (Phi) is 5.11. The minimum Gasteiger partial charge on any atom is -0.297 e. The second-order valence-electron chi connectivity index (χ2n) is 5.44. The second-order valence-corrected chi connectivity index (χ2v) is 5.44. The van der Waals surface area contributed by atoms with Crippen LogP contribution in [0.5, 0.6) is 0 Å². The molecule has 1 fully saturated rings. The fourth-order valence-corrected chi connectivity index (χ4v) is 2.72. The highest BCUT2D eigenvalue weighted by atomic mass is 19.1. The molecule has 0 bridgehead atoms. The van der Waals surface area contributed by atoms with E-state index >= 15 is 0 Å². The van der Waals surface area contributed by atoms with Crippen molar-refractivity contribution in [3.8, 4) is 6.07 Å². The zero-order chi connectivity index (χ0) is 14.5. The predicted octanol–water partition coefficient (Wildman–Crippen LogP) is 2.55. The first-order chi connectivity index (χ1) is 9.63. The van der Waals surface area contributed by atoms with E-state index in [2.05, 4.69) is 22.8 Å². The van der Waals surface area contributed by atoms with Gasteiger partial charge in [0, 0.05) is 32.7 Å². The molecule has 1 saturated heterocycles. The summed E-state index contributed by atoms with van der Waals surface area (Å²) < 4.78 is 13.3. The van der Waals surface area contributed by atoms with E-state index in [0.29, 0.717) is 0 Å². The molecule has 1 atom stereocenters. The van der Waals surface area contributed by atoms with Gasteiger partial charge in [-0.3, -0.25) is 9.80 Å². The normalized spacial score (nSPS) is 18.7. The van der Waals surface area contributed by atoms with Crippen molar-refractivity contribution in [3.63, 3.8) is 0 Å². The number of halogens is 1. The molecule has 1 unspecified atom stereocenters. The van der Waals surface area contributed by atoms with E-state index in [-0.39, 0.29) is 11.9 Å². The fourth-order valence-electron chi connectivity index (χ4n) is 2.72. The van der Waals surface area contributed by atoms with Crippen LogP contribution < -0.4 is 0 Å². The molecule has 1 heterocycles. The Balaban J connectivity index is 1.92. The first-order valence-corrected chi connectivity index (χ1v) is 7.25. The van der Waals surface area contributed by atoms with Crippen molar-refractivity contribution >= 4 is 0 Å². The van der Waals surface area contributed by atoms with Crippen LogP contribution in [0.1, 0.15) is 24.5 Å². The third-order valence-corrected chi connectivity index (χ3v) is 4.09. The van der Waals surface area contributed by atoms with Crippen LogP contribution in [-0.2, 0) is 6.54 Å². The van der Waals surface area contributed by atoms with E-state index < -0.39 is 0 Å². The summed E-state index contributed by atoms with van der Waals surface area (Å²) in [5, 5.41) is 9.10. The molecule has 1 aromatic rings. The summed E-state index contributed by atoms with van der Waals surface area (Å²) >= 11 is 0. The van der Waals surface area contributed by atoms with Gasteiger partial charge in [-0.25, -0.2) is 4.39 Å². The van der Waals surface area contributed by atoms with Crippen LogP contribution in [0, 0.1) is 24.1 Å². The summed E-state index contributed by atoms with van der Waals surface area (Å²) in [6.45, 7) is 8.58. The number of benzene rings is 1. The van der Waals surface area contributed by atoms with E-state index in [9.17, 15) is 4.39 Å². The number of rotatable bonds is 4. The van der Waals surface area contributed by atoms with Gasteiger partial charge < -0.3 is 0 Å². The summed E-state index contributed by atoms with van der Waals surface area (Å²) in [6, 6.07) is 7.37. The van der Waals surface area contributed by atoms with Crippen LogP contribution in [0.15, 0.2) is 18.2 Å². The molecule has 0 aromatic heterocycles. The maximum absolute atomic E-state index is 13.3. The van der Waals surface area contributed by atoms with Gasteiger partial charge in [-0.1, -0.05) is 13.0 Å². The molecule has 20 heavy (non-hydrogen) atoms. The summed E-state index contributed by atoms with van der Waals surface area (Å²) in [5.74, 6) is -0.167. The van der Waals surface area contributed by atoms with Crippen LogP contribution >= 0.6 is 0 Å². The topological polar surface area (TPSA) is 30.3 Å². The predicted molar refractivity (Wildman–Crippen MR) is 77.7 cm³/mol. The number of hydrogen-bond acceptors (Lipinski definition) is 3. The standard InChI is InChI=1S/C16H22FN3/c1-3-16(11-18)20-8-6-19(7-9-20)12-14-10-15(17)5-4-13(14)2/h4-5,10,16H,3,6-9,12H2,1-2H3. The van der Waals surface area contributed by atoms with Gasteiger partial charge in [0.2, 0.25) is 0 Å². The average molecular weight is 275 g/mol. The van der Waals surface area contributed by atoms with E-state index in [1.54, 1.807) is 6.07 Å². The van der Waals surface area contributed by atoms with Gasteiger partial charge in [-0.15, -0.1) is 0 Å². The maximum Gasteiger partial charge on any atom is 0.123 e. The molecule has 2 rings (SSSR count). The van der Waals surface area contributed by atoms with E-state index in [1.807, 2.05) is 13.0 Å². The van der Waals surface area contributed by atoms with Crippen molar-refractivity contribution in [3.05, 3.63) is 35.1 Å². The molecule has 4 heteroatoms. The third-order valence-electron chi connectivity index (χ3n) is 4.09. The van der Waals surface area contributed by atoms with Crippen LogP contribution in [0.2, 0.25) is 0 Å².